The average molecular weight is 275 g/mol. The third-order valence-corrected chi connectivity index (χ3v) is 3.73. The predicted octanol–water partition coefficient (Wildman–Crippen LogP) is 2.07. The molecule has 108 valence electrons. The normalized spacial score (nSPS) is 16.1. The minimum absolute atomic E-state index is 0.297. The van der Waals surface area contributed by atoms with E-state index in [0.717, 1.165) is 32.5 Å². The van der Waals surface area contributed by atoms with Gasteiger partial charge in [0.25, 0.3) is 0 Å². The SMILES string of the molecule is COC(=O)c1ccc(CCCN2CCC(=O)CC2)cc1. The molecule has 0 atom stereocenters. The second-order valence-electron chi connectivity index (χ2n) is 5.17. The molecule has 1 aromatic carbocycles. The number of ether oxygens (including phenoxy) is 1. The van der Waals surface area contributed by atoms with Gasteiger partial charge in [-0.3, -0.25) is 4.79 Å². The smallest absolute Gasteiger partial charge is 0.337 e. The van der Waals surface area contributed by atoms with E-state index in [-0.39, 0.29) is 5.97 Å². The Labute approximate surface area is 119 Å². The maximum Gasteiger partial charge on any atom is 0.337 e. The van der Waals surface area contributed by atoms with Gasteiger partial charge in [0, 0.05) is 25.9 Å². The number of Topliss-reactive ketones (excluding diaryl/α,β-unsaturated/α-hetero) is 1. The quantitative estimate of drug-likeness (QED) is 0.772. The molecular formula is C16H21NO3. The van der Waals surface area contributed by atoms with Gasteiger partial charge in [0.15, 0.2) is 0 Å². The van der Waals surface area contributed by atoms with Crippen LogP contribution in [0.1, 0.15) is 35.2 Å². The molecule has 1 aromatic rings. The largest absolute Gasteiger partial charge is 0.465 e. The average Bonchev–Trinajstić information content (AvgIpc) is 2.49. The van der Waals surface area contributed by atoms with Crippen molar-refractivity contribution < 1.29 is 14.3 Å². The van der Waals surface area contributed by atoms with E-state index in [0.29, 0.717) is 24.2 Å². The molecule has 0 saturated carbocycles. The minimum atomic E-state index is -0.297. The van der Waals surface area contributed by atoms with Gasteiger partial charge in [-0.05, 0) is 37.1 Å². The zero-order valence-corrected chi connectivity index (χ0v) is 11.9. The summed E-state index contributed by atoms with van der Waals surface area (Å²) < 4.78 is 4.67. The molecule has 1 saturated heterocycles. The first kappa shape index (κ1) is 14.7. The number of rotatable bonds is 5. The minimum Gasteiger partial charge on any atom is -0.465 e. The Morgan fingerprint density at radius 3 is 2.45 bits per heavy atom. The van der Waals surface area contributed by atoms with Crippen molar-refractivity contribution in [3.05, 3.63) is 35.4 Å². The van der Waals surface area contributed by atoms with Crippen molar-refractivity contribution in [2.45, 2.75) is 25.7 Å². The summed E-state index contributed by atoms with van der Waals surface area (Å²) in [6.45, 7) is 2.84. The number of carbonyl (C=O) groups is 2. The van der Waals surface area contributed by atoms with E-state index >= 15 is 0 Å². The Balaban J connectivity index is 1.74. The number of aryl methyl sites for hydroxylation is 1. The maximum atomic E-state index is 11.3. The Morgan fingerprint density at radius 1 is 1.20 bits per heavy atom. The molecule has 0 bridgehead atoms. The van der Waals surface area contributed by atoms with Crippen LogP contribution < -0.4 is 0 Å². The standard InChI is InChI=1S/C16H21NO3/c1-20-16(19)14-6-4-13(5-7-14)3-2-10-17-11-8-15(18)9-12-17/h4-7H,2-3,8-12H2,1H3. The van der Waals surface area contributed by atoms with E-state index < -0.39 is 0 Å². The summed E-state index contributed by atoms with van der Waals surface area (Å²) in [5.41, 5.74) is 1.82. The summed E-state index contributed by atoms with van der Waals surface area (Å²) in [6, 6.07) is 7.57. The van der Waals surface area contributed by atoms with Crippen molar-refractivity contribution >= 4 is 11.8 Å². The van der Waals surface area contributed by atoms with Crippen LogP contribution in [0.4, 0.5) is 0 Å². The van der Waals surface area contributed by atoms with Gasteiger partial charge in [-0.2, -0.15) is 0 Å². The van der Waals surface area contributed by atoms with E-state index in [2.05, 4.69) is 9.64 Å². The van der Waals surface area contributed by atoms with Gasteiger partial charge in [-0.15, -0.1) is 0 Å². The Bertz CT molecular complexity index is 457. The van der Waals surface area contributed by atoms with Crippen LogP contribution in [0.15, 0.2) is 24.3 Å². The van der Waals surface area contributed by atoms with Crippen molar-refractivity contribution in [1.29, 1.82) is 0 Å². The van der Waals surface area contributed by atoms with Crippen molar-refractivity contribution in [2.75, 3.05) is 26.7 Å². The molecular weight excluding hydrogens is 254 g/mol. The number of esters is 1. The fourth-order valence-electron chi connectivity index (χ4n) is 2.46. The fraction of sp³-hybridized carbons (Fsp3) is 0.500. The molecule has 4 nitrogen and oxygen atoms in total. The summed E-state index contributed by atoms with van der Waals surface area (Å²) in [4.78, 5) is 24.8. The van der Waals surface area contributed by atoms with E-state index in [1.807, 2.05) is 12.1 Å². The van der Waals surface area contributed by atoms with Gasteiger partial charge in [0.2, 0.25) is 0 Å². The Hall–Kier alpha value is -1.68. The second-order valence-corrected chi connectivity index (χ2v) is 5.17. The molecule has 0 radical (unpaired) electrons. The molecule has 1 aliphatic rings. The van der Waals surface area contributed by atoms with Crippen molar-refractivity contribution in [3.63, 3.8) is 0 Å². The first-order chi connectivity index (χ1) is 9.69. The third kappa shape index (κ3) is 4.17. The number of hydrogen-bond acceptors (Lipinski definition) is 4. The van der Waals surface area contributed by atoms with Gasteiger partial charge in [-0.25, -0.2) is 4.79 Å². The monoisotopic (exact) mass is 275 g/mol. The summed E-state index contributed by atoms with van der Waals surface area (Å²) in [7, 11) is 1.39. The zero-order chi connectivity index (χ0) is 14.4. The molecule has 1 heterocycles. The van der Waals surface area contributed by atoms with E-state index in [9.17, 15) is 9.59 Å². The van der Waals surface area contributed by atoms with Crippen LogP contribution in [0, 0.1) is 0 Å². The molecule has 1 fully saturated rings. The van der Waals surface area contributed by atoms with Crippen LogP contribution in [-0.4, -0.2) is 43.4 Å². The lowest BCUT2D eigenvalue weighted by Gasteiger charge is -2.25. The van der Waals surface area contributed by atoms with Crippen LogP contribution >= 0.6 is 0 Å². The number of likely N-dealkylation sites (tertiary alicyclic amines) is 1. The fourth-order valence-corrected chi connectivity index (χ4v) is 2.46. The number of benzene rings is 1. The predicted molar refractivity (Wildman–Crippen MR) is 76.8 cm³/mol. The first-order valence-electron chi connectivity index (χ1n) is 7.10. The molecule has 0 unspecified atom stereocenters. The van der Waals surface area contributed by atoms with Gasteiger partial charge in [-0.1, -0.05) is 12.1 Å². The van der Waals surface area contributed by atoms with E-state index in [4.69, 9.17) is 0 Å². The highest BCUT2D eigenvalue weighted by atomic mass is 16.5. The number of carbonyl (C=O) groups excluding carboxylic acids is 2. The van der Waals surface area contributed by atoms with E-state index in [1.54, 1.807) is 12.1 Å². The molecule has 20 heavy (non-hydrogen) atoms. The second kappa shape index (κ2) is 7.20. The van der Waals surface area contributed by atoms with Crippen LogP contribution in [0.5, 0.6) is 0 Å². The first-order valence-corrected chi connectivity index (χ1v) is 7.10. The van der Waals surface area contributed by atoms with Crippen LogP contribution in [-0.2, 0) is 16.0 Å². The summed E-state index contributed by atoms with van der Waals surface area (Å²) in [6.07, 6.45) is 3.47. The number of nitrogens with zero attached hydrogens (tertiary/aromatic N) is 1. The molecule has 0 aromatic heterocycles. The van der Waals surface area contributed by atoms with Crippen LogP contribution in [0.3, 0.4) is 0 Å². The van der Waals surface area contributed by atoms with Gasteiger partial charge >= 0.3 is 5.97 Å². The summed E-state index contributed by atoms with van der Waals surface area (Å²) in [5, 5.41) is 0. The third-order valence-electron chi connectivity index (χ3n) is 3.73. The lowest BCUT2D eigenvalue weighted by atomic mass is 10.1. The lowest BCUT2D eigenvalue weighted by molar-refractivity contribution is -0.121. The Morgan fingerprint density at radius 2 is 1.85 bits per heavy atom. The van der Waals surface area contributed by atoms with E-state index in [1.165, 1.54) is 12.7 Å². The molecule has 2 rings (SSSR count). The zero-order valence-electron chi connectivity index (χ0n) is 11.9. The van der Waals surface area contributed by atoms with Gasteiger partial charge in [0.1, 0.15) is 5.78 Å². The molecule has 0 aliphatic carbocycles. The molecule has 0 N–H and O–H groups in total. The number of hydrogen-bond donors (Lipinski definition) is 0. The molecule has 0 amide bonds. The number of ketones is 1. The van der Waals surface area contributed by atoms with Crippen molar-refractivity contribution in [2.24, 2.45) is 0 Å². The highest BCUT2D eigenvalue weighted by molar-refractivity contribution is 5.89. The van der Waals surface area contributed by atoms with Crippen LogP contribution in [0.25, 0.3) is 0 Å². The molecule has 0 spiro atoms. The van der Waals surface area contributed by atoms with Crippen molar-refractivity contribution in [3.8, 4) is 0 Å². The highest BCUT2D eigenvalue weighted by Gasteiger charge is 2.15. The number of methoxy groups -OCH3 is 1. The molecule has 4 heteroatoms. The summed E-state index contributed by atoms with van der Waals surface area (Å²) in [5.74, 6) is 0.0918. The van der Waals surface area contributed by atoms with Crippen molar-refractivity contribution in [1.82, 2.24) is 4.90 Å². The number of piperidine rings is 1. The highest BCUT2D eigenvalue weighted by Crippen LogP contribution is 2.10. The topological polar surface area (TPSA) is 46.6 Å². The Kier molecular flexibility index (Phi) is 5.30. The van der Waals surface area contributed by atoms with Crippen LogP contribution in [0.2, 0.25) is 0 Å². The summed E-state index contributed by atoms with van der Waals surface area (Å²) >= 11 is 0. The van der Waals surface area contributed by atoms with Gasteiger partial charge < -0.3 is 9.64 Å². The maximum absolute atomic E-state index is 11.3. The van der Waals surface area contributed by atoms with Gasteiger partial charge in [0.05, 0.1) is 12.7 Å². The molecule has 1 aliphatic heterocycles. The lowest BCUT2D eigenvalue weighted by Crippen LogP contribution is -2.34.